The van der Waals surface area contributed by atoms with Crippen molar-refractivity contribution in [3.8, 4) is 0 Å². The third-order valence-electron chi connectivity index (χ3n) is 2.99. The molecular formula is C12H18N4O2. The molecule has 0 unspecified atom stereocenters. The summed E-state index contributed by atoms with van der Waals surface area (Å²) in [6.07, 6.45) is 8.00. The first-order chi connectivity index (χ1) is 8.77. The third-order valence-corrected chi connectivity index (χ3v) is 2.99. The summed E-state index contributed by atoms with van der Waals surface area (Å²) in [5.74, 6) is 0.421. The molecule has 1 aliphatic rings. The lowest BCUT2D eigenvalue weighted by Crippen LogP contribution is -2.27. The molecule has 98 valence electrons. The molecule has 0 atom stereocenters. The van der Waals surface area contributed by atoms with E-state index in [9.17, 15) is 4.79 Å². The highest BCUT2D eigenvalue weighted by Crippen LogP contribution is 2.23. The standard InChI is InChI=1S/C12H18N4O2/c17-10(18)9-15-11-12(14-6-5-13-11)16-7-3-1-2-4-8-16/h5-6H,1-4,7-9H2,(H,13,15)(H,17,18). The van der Waals surface area contributed by atoms with E-state index in [1.165, 1.54) is 12.8 Å². The zero-order valence-electron chi connectivity index (χ0n) is 10.3. The molecule has 18 heavy (non-hydrogen) atoms. The fraction of sp³-hybridized carbons (Fsp3) is 0.583. The number of aliphatic carboxylic acids is 1. The smallest absolute Gasteiger partial charge is 0.322 e. The van der Waals surface area contributed by atoms with Crippen LogP contribution in [0.5, 0.6) is 0 Å². The van der Waals surface area contributed by atoms with E-state index in [1.807, 2.05) is 0 Å². The minimum atomic E-state index is -0.900. The Bertz CT molecular complexity index is 403. The maximum atomic E-state index is 10.6. The normalized spacial score (nSPS) is 16.1. The molecule has 1 aliphatic heterocycles. The van der Waals surface area contributed by atoms with Gasteiger partial charge in [0.2, 0.25) is 0 Å². The number of nitrogens with one attached hydrogen (secondary N) is 1. The van der Waals surface area contributed by atoms with Gasteiger partial charge < -0.3 is 15.3 Å². The fourth-order valence-corrected chi connectivity index (χ4v) is 2.13. The number of aromatic nitrogens is 2. The molecule has 0 aliphatic carbocycles. The summed E-state index contributed by atoms with van der Waals surface area (Å²) in [6, 6.07) is 0. The summed E-state index contributed by atoms with van der Waals surface area (Å²) < 4.78 is 0. The second-order valence-electron chi connectivity index (χ2n) is 4.38. The Kier molecular flexibility index (Phi) is 4.33. The first kappa shape index (κ1) is 12.6. The van der Waals surface area contributed by atoms with Crippen LogP contribution < -0.4 is 10.2 Å². The van der Waals surface area contributed by atoms with Crippen LogP contribution in [0, 0.1) is 0 Å². The summed E-state index contributed by atoms with van der Waals surface area (Å²) in [7, 11) is 0. The van der Waals surface area contributed by atoms with Gasteiger partial charge >= 0.3 is 5.97 Å². The van der Waals surface area contributed by atoms with E-state index in [-0.39, 0.29) is 6.54 Å². The average Bonchev–Trinajstić information content (AvgIpc) is 2.65. The van der Waals surface area contributed by atoms with Crippen LogP contribution in [0.4, 0.5) is 11.6 Å². The highest BCUT2D eigenvalue weighted by Gasteiger charge is 2.15. The Hall–Kier alpha value is -1.85. The van der Waals surface area contributed by atoms with Crippen molar-refractivity contribution in [2.24, 2.45) is 0 Å². The summed E-state index contributed by atoms with van der Waals surface area (Å²) in [6.45, 7) is 1.78. The summed E-state index contributed by atoms with van der Waals surface area (Å²) in [4.78, 5) is 21.3. The van der Waals surface area contributed by atoms with Crippen LogP contribution in [0.1, 0.15) is 25.7 Å². The van der Waals surface area contributed by atoms with Crippen molar-refractivity contribution in [1.29, 1.82) is 0 Å². The van der Waals surface area contributed by atoms with Crippen LogP contribution in [0.25, 0.3) is 0 Å². The Morgan fingerprint density at radius 2 is 1.89 bits per heavy atom. The molecule has 6 heteroatoms. The van der Waals surface area contributed by atoms with Crippen LogP contribution in [-0.4, -0.2) is 40.7 Å². The van der Waals surface area contributed by atoms with E-state index in [0.717, 1.165) is 31.7 Å². The molecule has 1 aromatic rings. The summed E-state index contributed by atoms with van der Waals surface area (Å²) in [5, 5.41) is 11.5. The molecule has 1 aromatic heterocycles. The van der Waals surface area contributed by atoms with Crippen LogP contribution >= 0.6 is 0 Å². The van der Waals surface area contributed by atoms with Crippen LogP contribution in [0.3, 0.4) is 0 Å². The largest absolute Gasteiger partial charge is 0.480 e. The van der Waals surface area contributed by atoms with Crippen LogP contribution in [0.2, 0.25) is 0 Å². The van der Waals surface area contributed by atoms with Gasteiger partial charge in [-0.1, -0.05) is 12.8 Å². The van der Waals surface area contributed by atoms with Gasteiger partial charge in [-0.3, -0.25) is 4.79 Å². The second-order valence-corrected chi connectivity index (χ2v) is 4.38. The molecule has 2 rings (SSSR count). The molecule has 0 radical (unpaired) electrons. The van der Waals surface area contributed by atoms with E-state index in [4.69, 9.17) is 5.11 Å². The Labute approximate surface area is 106 Å². The predicted molar refractivity (Wildman–Crippen MR) is 68.8 cm³/mol. The lowest BCUT2D eigenvalue weighted by Gasteiger charge is -2.23. The van der Waals surface area contributed by atoms with Gasteiger partial charge in [0.15, 0.2) is 11.6 Å². The number of carboxylic acids is 1. The van der Waals surface area contributed by atoms with Crippen molar-refractivity contribution < 1.29 is 9.90 Å². The zero-order valence-corrected chi connectivity index (χ0v) is 10.3. The van der Waals surface area contributed by atoms with E-state index < -0.39 is 5.97 Å². The first-order valence-electron chi connectivity index (χ1n) is 6.29. The van der Waals surface area contributed by atoms with Crippen LogP contribution in [0.15, 0.2) is 12.4 Å². The van der Waals surface area contributed by atoms with Gasteiger partial charge in [0.1, 0.15) is 6.54 Å². The van der Waals surface area contributed by atoms with E-state index >= 15 is 0 Å². The molecular weight excluding hydrogens is 232 g/mol. The van der Waals surface area contributed by atoms with Gasteiger partial charge in [0.05, 0.1) is 0 Å². The number of carbonyl (C=O) groups is 1. The maximum Gasteiger partial charge on any atom is 0.322 e. The predicted octanol–water partition coefficient (Wildman–Crippen LogP) is 1.35. The third kappa shape index (κ3) is 3.32. The van der Waals surface area contributed by atoms with E-state index in [0.29, 0.717) is 5.82 Å². The molecule has 0 spiro atoms. The average molecular weight is 250 g/mol. The Balaban J connectivity index is 2.12. The minimum Gasteiger partial charge on any atom is -0.480 e. The zero-order chi connectivity index (χ0) is 12.8. The molecule has 0 bridgehead atoms. The Morgan fingerprint density at radius 1 is 1.22 bits per heavy atom. The van der Waals surface area contributed by atoms with E-state index in [1.54, 1.807) is 12.4 Å². The molecule has 2 heterocycles. The number of rotatable bonds is 4. The molecule has 0 aromatic carbocycles. The van der Waals surface area contributed by atoms with Crippen molar-refractivity contribution in [1.82, 2.24) is 9.97 Å². The molecule has 0 amide bonds. The van der Waals surface area contributed by atoms with Gasteiger partial charge in [-0.05, 0) is 12.8 Å². The SMILES string of the molecule is O=C(O)CNc1nccnc1N1CCCCCC1. The van der Waals surface area contributed by atoms with Gasteiger partial charge in [-0.2, -0.15) is 0 Å². The summed E-state index contributed by atoms with van der Waals surface area (Å²) in [5.41, 5.74) is 0. The molecule has 2 N–H and O–H groups in total. The number of hydrogen-bond donors (Lipinski definition) is 2. The van der Waals surface area contributed by atoms with Gasteiger partial charge in [-0.25, -0.2) is 9.97 Å². The number of carboxylic acid groups (broad SMARTS) is 1. The highest BCUT2D eigenvalue weighted by molar-refractivity contribution is 5.74. The summed E-state index contributed by atoms with van der Waals surface area (Å²) >= 11 is 0. The molecule has 1 saturated heterocycles. The van der Waals surface area contributed by atoms with Crippen molar-refractivity contribution >= 4 is 17.6 Å². The van der Waals surface area contributed by atoms with Crippen molar-refractivity contribution in [3.63, 3.8) is 0 Å². The highest BCUT2D eigenvalue weighted by atomic mass is 16.4. The van der Waals surface area contributed by atoms with Crippen LogP contribution in [-0.2, 0) is 4.79 Å². The molecule has 6 nitrogen and oxygen atoms in total. The fourth-order valence-electron chi connectivity index (χ4n) is 2.13. The molecule has 0 saturated carbocycles. The number of hydrogen-bond acceptors (Lipinski definition) is 5. The topological polar surface area (TPSA) is 78.3 Å². The number of nitrogens with zero attached hydrogens (tertiary/aromatic N) is 3. The quantitative estimate of drug-likeness (QED) is 0.840. The Morgan fingerprint density at radius 3 is 2.56 bits per heavy atom. The lowest BCUT2D eigenvalue weighted by atomic mass is 10.2. The minimum absolute atomic E-state index is 0.139. The van der Waals surface area contributed by atoms with Crippen molar-refractivity contribution in [2.45, 2.75) is 25.7 Å². The van der Waals surface area contributed by atoms with Crippen molar-refractivity contribution in [2.75, 3.05) is 29.9 Å². The van der Waals surface area contributed by atoms with Gasteiger partial charge in [-0.15, -0.1) is 0 Å². The van der Waals surface area contributed by atoms with E-state index in [2.05, 4.69) is 20.2 Å². The lowest BCUT2D eigenvalue weighted by molar-refractivity contribution is -0.134. The number of anilines is 2. The maximum absolute atomic E-state index is 10.6. The second kappa shape index (κ2) is 6.18. The first-order valence-corrected chi connectivity index (χ1v) is 6.29. The monoisotopic (exact) mass is 250 g/mol. The van der Waals surface area contributed by atoms with Gasteiger partial charge in [0.25, 0.3) is 0 Å². The molecule has 1 fully saturated rings. The van der Waals surface area contributed by atoms with Gasteiger partial charge in [0, 0.05) is 25.5 Å². The van der Waals surface area contributed by atoms with Crippen molar-refractivity contribution in [3.05, 3.63) is 12.4 Å².